The van der Waals surface area contributed by atoms with Crippen molar-refractivity contribution in [2.75, 3.05) is 4.90 Å². The van der Waals surface area contributed by atoms with Crippen molar-refractivity contribution < 1.29 is 8.78 Å². The molecule has 10 heteroatoms. The monoisotopic (exact) mass is 358 g/mol. The van der Waals surface area contributed by atoms with Gasteiger partial charge >= 0.3 is 0 Å². The Morgan fingerprint density at radius 1 is 1.27 bits per heavy atom. The van der Waals surface area contributed by atoms with Crippen LogP contribution in [-0.4, -0.2) is 46.2 Å². The van der Waals surface area contributed by atoms with Gasteiger partial charge in [-0.2, -0.15) is 4.98 Å². The van der Waals surface area contributed by atoms with E-state index in [0.717, 1.165) is 5.82 Å². The van der Waals surface area contributed by atoms with E-state index in [9.17, 15) is 8.78 Å². The van der Waals surface area contributed by atoms with Gasteiger partial charge in [-0.05, 0) is 6.42 Å². The van der Waals surface area contributed by atoms with Crippen LogP contribution in [0.5, 0.6) is 0 Å². The number of imidazole rings is 1. The average Bonchev–Trinajstić information content (AvgIpc) is 3.29. The van der Waals surface area contributed by atoms with E-state index in [4.69, 9.17) is 0 Å². The Kier molecular flexibility index (Phi) is 3.12. The van der Waals surface area contributed by atoms with E-state index in [0.29, 0.717) is 23.9 Å². The molecule has 3 aromatic heterocycles. The van der Waals surface area contributed by atoms with Crippen molar-refractivity contribution in [1.29, 1.82) is 0 Å². The highest BCUT2D eigenvalue weighted by molar-refractivity contribution is 5.63. The van der Waals surface area contributed by atoms with Crippen LogP contribution in [0, 0.1) is 0 Å². The standard InChI is InChI=1S/C16H16F2N8/c1-2-11-14-23-21-9-25(14)12-7-20-15(24-4-3-19-8-24)22-13(12)26(11)10-5-16(17,18)6-10/h3-4,7-11H,2,5-6H2,1H3/t11-/m1/s1. The summed E-state index contributed by atoms with van der Waals surface area (Å²) in [4.78, 5) is 15.1. The molecule has 0 saturated heterocycles. The third-order valence-corrected chi connectivity index (χ3v) is 5.03. The van der Waals surface area contributed by atoms with E-state index in [1.54, 1.807) is 35.8 Å². The highest BCUT2D eigenvalue weighted by Crippen LogP contribution is 2.48. The molecule has 0 amide bonds. The zero-order valence-corrected chi connectivity index (χ0v) is 14.0. The van der Waals surface area contributed by atoms with E-state index in [1.807, 2.05) is 16.4 Å². The maximum atomic E-state index is 13.6. The van der Waals surface area contributed by atoms with E-state index >= 15 is 0 Å². The molecule has 0 unspecified atom stereocenters. The van der Waals surface area contributed by atoms with Gasteiger partial charge in [-0.1, -0.05) is 6.92 Å². The lowest BCUT2D eigenvalue weighted by molar-refractivity contribution is -0.0878. The van der Waals surface area contributed by atoms with Crippen molar-refractivity contribution in [2.45, 2.75) is 44.2 Å². The van der Waals surface area contributed by atoms with Gasteiger partial charge in [-0.15, -0.1) is 10.2 Å². The number of hydrogen-bond acceptors (Lipinski definition) is 6. The lowest BCUT2D eigenvalue weighted by Gasteiger charge is -2.48. The van der Waals surface area contributed by atoms with Crippen molar-refractivity contribution in [1.82, 2.24) is 34.3 Å². The van der Waals surface area contributed by atoms with Crippen LogP contribution in [0.1, 0.15) is 38.1 Å². The molecule has 2 aliphatic rings. The number of nitrogens with zero attached hydrogens (tertiary/aromatic N) is 8. The molecule has 1 aliphatic carbocycles. The highest BCUT2D eigenvalue weighted by atomic mass is 19.3. The summed E-state index contributed by atoms with van der Waals surface area (Å²) in [6, 6.07) is -0.443. The van der Waals surface area contributed by atoms with E-state index in [-0.39, 0.29) is 24.9 Å². The van der Waals surface area contributed by atoms with Crippen molar-refractivity contribution in [2.24, 2.45) is 0 Å². The van der Waals surface area contributed by atoms with Gasteiger partial charge in [0, 0.05) is 31.3 Å². The summed E-state index contributed by atoms with van der Waals surface area (Å²) in [5, 5.41) is 8.23. The molecule has 4 heterocycles. The van der Waals surface area contributed by atoms with Crippen LogP contribution >= 0.6 is 0 Å². The first-order chi connectivity index (χ1) is 12.6. The van der Waals surface area contributed by atoms with Gasteiger partial charge < -0.3 is 4.90 Å². The normalized spacial score (nSPS) is 21.2. The molecule has 1 fully saturated rings. The fourth-order valence-electron chi connectivity index (χ4n) is 3.78. The van der Waals surface area contributed by atoms with Crippen LogP contribution in [0.15, 0.2) is 31.2 Å². The van der Waals surface area contributed by atoms with E-state index < -0.39 is 5.92 Å². The first-order valence-electron chi connectivity index (χ1n) is 8.49. The molecule has 3 aromatic rings. The number of hydrogen-bond donors (Lipinski definition) is 0. The summed E-state index contributed by atoms with van der Waals surface area (Å²) < 4.78 is 30.7. The Balaban J connectivity index is 1.66. The second-order valence-corrected chi connectivity index (χ2v) is 6.66. The minimum absolute atomic E-state index is 0.156. The number of anilines is 1. The van der Waals surface area contributed by atoms with E-state index in [2.05, 4.69) is 25.1 Å². The number of aromatic nitrogens is 7. The molecule has 1 atom stereocenters. The van der Waals surface area contributed by atoms with Crippen LogP contribution in [0.2, 0.25) is 0 Å². The number of halogens is 2. The Morgan fingerprint density at radius 2 is 2.12 bits per heavy atom. The van der Waals surface area contributed by atoms with Crippen molar-refractivity contribution in [3.05, 3.63) is 37.1 Å². The quantitative estimate of drug-likeness (QED) is 0.715. The molecule has 0 radical (unpaired) electrons. The summed E-state index contributed by atoms with van der Waals surface area (Å²) in [7, 11) is 0. The second kappa shape index (κ2) is 5.29. The molecule has 8 nitrogen and oxygen atoms in total. The van der Waals surface area contributed by atoms with Crippen molar-refractivity contribution >= 4 is 5.82 Å². The third kappa shape index (κ3) is 2.14. The molecule has 1 aliphatic heterocycles. The van der Waals surface area contributed by atoms with E-state index in [1.165, 1.54) is 0 Å². The Labute approximate surface area is 147 Å². The van der Waals surface area contributed by atoms with Crippen LogP contribution < -0.4 is 4.90 Å². The Morgan fingerprint density at radius 3 is 2.81 bits per heavy atom. The number of fused-ring (bicyclic) bond motifs is 3. The smallest absolute Gasteiger partial charge is 0.252 e. The van der Waals surface area contributed by atoms with Crippen LogP contribution in [-0.2, 0) is 0 Å². The van der Waals surface area contributed by atoms with Gasteiger partial charge in [0.15, 0.2) is 11.6 Å². The summed E-state index contributed by atoms with van der Waals surface area (Å²) in [5.41, 5.74) is 0.703. The highest BCUT2D eigenvalue weighted by Gasteiger charge is 2.51. The molecule has 26 heavy (non-hydrogen) atoms. The van der Waals surface area contributed by atoms with Gasteiger partial charge in [0.1, 0.15) is 18.3 Å². The second-order valence-electron chi connectivity index (χ2n) is 6.66. The maximum Gasteiger partial charge on any atom is 0.252 e. The predicted octanol–water partition coefficient (Wildman–Crippen LogP) is 2.31. The molecule has 134 valence electrons. The topological polar surface area (TPSA) is 77.5 Å². The predicted molar refractivity (Wildman–Crippen MR) is 87.6 cm³/mol. The third-order valence-electron chi connectivity index (χ3n) is 5.03. The minimum atomic E-state index is -2.62. The summed E-state index contributed by atoms with van der Waals surface area (Å²) in [5.74, 6) is -0.810. The number of rotatable bonds is 3. The Bertz CT molecular complexity index is 943. The fraction of sp³-hybridized carbons (Fsp3) is 0.438. The summed E-state index contributed by atoms with van der Waals surface area (Å²) in [6.07, 6.45) is 8.64. The van der Waals surface area contributed by atoms with Crippen molar-refractivity contribution in [3.63, 3.8) is 0 Å². The largest absolute Gasteiger partial charge is 0.341 e. The first-order valence-corrected chi connectivity index (χ1v) is 8.49. The molecule has 1 saturated carbocycles. The SMILES string of the molecule is CC[C@@H]1c2nncn2-c2cnc(-n3ccnc3)nc2N1C1CC(F)(F)C1. The zero-order valence-electron chi connectivity index (χ0n) is 14.0. The molecule has 0 N–H and O–H groups in total. The van der Waals surface area contributed by atoms with Gasteiger partial charge in [0.05, 0.1) is 12.2 Å². The molecule has 5 rings (SSSR count). The van der Waals surface area contributed by atoms with Gasteiger partial charge in [-0.3, -0.25) is 9.13 Å². The molecular formula is C16H16F2N8. The number of alkyl halides is 2. The molecule has 0 aromatic carbocycles. The summed E-state index contributed by atoms with van der Waals surface area (Å²) in [6.45, 7) is 2.01. The first kappa shape index (κ1) is 15.4. The zero-order chi connectivity index (χ0) is 17.9. The fourth-order valence-corrected chi connectivity index (χ4v) is 3.78. The van der Waals surface area contributed by atoms with Crippen LogP contribution in [0.4, 0.5) is 14.6 Å². The minimum Gasteiger partial charge on any atom is -0.341 e. The van der Waals surface area contributed by atoms with Crippen molar-refractivity contribution in [3.8, 4) is 11.6 Å². The van der Waals surface area contributed by atoms with Gasteiger partial charge in [-0.25, -0.2) is 18.7 Å². The molecule has 0 bridgehead atoms. The lowest BCUT2D eigenvalue weighted by Crippen LogP contribution is -2.54. The molecule has 0 spiro atoms. The Hall–Kier alpha value is -2.91. The van der Waals surface area contributed by atoms with Crippen LogP contribution in [0.25, 0.3) is 11.6 Å². The summed E-state index contributed by atoms with van der Waals surface area (Å²) >= 11 is 0. The molecular weight excluding hydrogens is 342 g/mol. The lowest BCUT2D eigenvalue weighted by atomic mass is 9.85. The van der Waals surface area contributed by atoms with Crippen LogP contribution in [0.3, 0.4) is 0 Å². The maximum absolute atomic E-state index is 13.6. The van der Waals surface area contributed by atoms with Gasteiger partial charge in [0.2, 0.25) is 5.95 Å². The van der Waals surface area contributed by atoms with Gasteiger partial charge in [0.25, 0.3) is 5.92 Å². The average molecular weight is 358 g/mol.